The zero-order chi connectivity index (χ0) is 8.60. The van der Waals surface area contributed by atoms with E-state index in [0.29, 0.717) is 0 Å². The topological polar surface area (TPSA) is 57.5 Å². The van der Waals surface area contributed by atoms with Gasteiger partial charge in [-0.1, -0.05) is 0 Å². The summed E-state index contributed by atoms with van der Waals surface area (Å²) < 4.78 is 29.8. The van der Waals surface area contributed by atoms with Gasteiger partial charge in [0, 0.05) is 0 Å². The highest BCUT2D eigenvalue weighted by Crippen LogP contribution is 2.28. The van der Waals surface area contributed by atoms with Gasteiger partial charge in [-0.15, -0.1) is 0 Å². The minimum absolute atomic E-state index is 0.600. The molecule has 0 aliphatic rings. The molecule has 10 heavy (non-hydrogen) atoms. The van der Waals surface area contributed by atoms with Crippen molar-refractivity contribution in [2.45, 2.75) is 38.2 Å². The highest BCUT2D eigenvalue weighted by molar-refractivity contribution is 8.11. The van der Waals surface area contributed by atoms with Crippen LogP contribution in [-0.2, 0) is 9.63 Å². The molecule has 0 heterocycles. The number of rotatable bonds is 2. The molecule has 0 atom stereocenters. The molecule has 0 aromatic heterocycles. The maximum absolute atomic E-state index is 11.3. The van der Waals surface area contributed by atoms with Crippen molar-refractivity contribution in [3.63, 3.8) is 0 Å². The lowest BCUT2D eigenvalue weighted by Gasteiger charge is -2.38. The molecular weight excluding hydrogens is 152 g/mol. The lowest BCUT2D eigenvalue weighted by molar-refractivity contribution is 0.369. The predicted octanol–water partition coefficient (Wildman–Crippen LogP) is 1.57. The molecule has 0 saturated carbocycles. The Morgan fingerprint density at radius 2 is 1.20 bits per heavy atom. The van der Waals surface area contributed by atoms with Crippen molar-refractivity contribution in [1.29, 1.82) is 0 Å². The minimum Gasteiger partial charge on any atom is -0.307 e. The molecular formula is C6H16O3S. The lowest BCUT2D eigenvalue weighted by atomic mass is 10.5. The summed E-state index contributed by atoms with van der Waals surface area (Å²) in [6, 6.07) is 0. The molecule has 0 rings (SSSR count). The molecule has 3 nitrogen and oxygen atoms in total. The molecule has 0 aliphatic carbocycles. The van der Waals surface area contributed by atoms with Crippen molar-refractivity contribution in [3.8, 4) is 0 Å². The van der Waals surface area contributed by atoms with E-state index in [1.54, 1.807) is 0 Å². The van der Waals surface area contributed by atoms with E-state index < -0.39 is 20.1 Å². The van der Waals surface area contributed by atoms with Gasteiger partial charge in [-0.2, -0.15) is 0 Å². The van der Waals surface area contributed by atoms with Gasteiger partial charge in [0.05, 0.1) is 20.1 Å². The Bertz CT molecular complexity index is 163. The van der Waals surface area contributed by atoms with E-state index in [2.05, 4.69) is 0 Å². The third-order valence-electron chi connectivity index (χ3n) is 1.77. The molecule has 0 amide bonds. The Labute approximate surface area is 61.9 Å². The Kier molecular flexibility index (Phi) is 2.30. The van der Waals surface area contributed by atoms with E-state index in [4.69, 9.17) is 0 Å². The third kappa shape index (κ3) is 1.56. The molecule has 0 bridgehead atoms. The fraction of sp³-hybridized carbons (Fsp3) is 1.00. The first-order valence-electron chi connectivity index (χ1n) is 3.31. The molecule has 4 heteroatoms. The first-order valence-corrected chi connectivity index (χ1v) is 5.32. The van der Waals surface area contributed by atoms with E-state index >= 15 is 0 Å². The normalized spacial score (nSPS) is 17.4. The van der Waals surface area contributed by atoms with Crippen LogP contribution in [0, 0.1) is 0 Å². The van der Waals surface area contributed by atoms with Crippen molar-refractivity contribution in [2.24, 2.45) is 0 Å². The van der Waals surface area contributed by atoms with Crippen molar-refractivity contribution < 1.29 is 13.3 Å². The molecule has 0 unspecified atom stereocenters. The van der Waals surface area contributed by atoms with Crippen LogP contribution in [0.4, 0.5) is 0 Å². The van der Waals surface area contributed by atoms with Gasteiger partial charge in [-0.3, -0.25) is 0 Å². The van der Waals surface area contributed by atoms with E-state index in [-0.39, 0.29) is 0 Å². The zero-order valence-corrected chi connectivity index (χ0v) is 7.68. The van der Waals surface area contributed by atoms with Crippen LogP contribution in [0.25, 0.3) is 0 Å². The second kappa shape index (κ2) is 2.29. The highest BCUT2D eigenvalue weighted by Gasteiger charge is 2.37. The first kappa shape index (κ1) is 10.1. The van der Waals surface area contributed by atoms with E-state index in [9.17, 15) is 13.3 Å². The maximum atomic E-state index is 11.3. The lowest BCUT2D eigenvalue weighted by Crippen LogP contribution is -2.47. The van der Waals surface area contributed by atoms with Gasteiger partial charge >= 0.3 is 0 Å². The SMILES string of the molecule is CC(C)S(=O)(O)(O)C(C)C. The largest absolute Gasteiger partial charge is 0.307 e. The van der Waals surface area contributed by atoms with Crippen LogP contribution < -0.4 is 0 Å². The summed E-state index contributed by atoms with van der Waals surface area (Å²) in [7, 11) is -4.33. The molecule has 64 valence electrons. The summed E-state index contributed by atoms with van der Waals surface area (Å²) in [5.41, 5.74) is 0. The summed E-state index contributed by atoms with van der Waals surface area (Å²) in [6.45, 7) is 6.15. The van der Waals surface area contributed by atoms with E-state index in [1.807, 2.05) is 0 Å². The van der Waals surface area contributed by atoms with Crippen LogP contribution in [0.3, 0.4) is 0 Å². The zero-order valence-electron chi connectivity index (χ0n) is 6.87. The fourth-order valence-corrected chi connectivity index (χ4v) is 1.63. The number of hydrogen-bond acceptors (Lipinski definition) is 1. The maximum Gasteiger partial charge on any atom is 0.0870 e. The van der Waals surface area contributed by atoms with Gasteiger partial charge in [0.1, 0.15) is 0 Å². The number of hydrogen-bond donors (Lipinski definition) is 2. The van der Waals surface area contributed by atoms with Crippen molar-refractivity contribution in [2.75, 3.05) is 0 Å². The fourth-order valence-electron chi connectivity index (χ4n) is 0.544. The molecule has 0 fully saturated rings. The smallest absolute Gasteiger partial charge is 0.0870 e. The van der Waals surface area contributed by atoms with Gasteiger partial charge in [0.15, 0.2) is 0 Å². The molecule has 0 radical (unpaired) electrons. The van der Waals surface area contributed by atoms with Crippen LogP contribution in [0.5, 0.6) is 0 Å². The second-order valence-electron chi connectivity index (χ2n) is 3.08. The van der Waals surface area contributed by atoms with Gasteiger partial charge in [-0.25, -0.2) is 4.21 Å². The van der Waals surface area contributed by atoms with Crippen molar-refractivity contribution in [1.82, 2.24) is 0 Å². The molecule has 0 spiro atoms. The molecule has 0 aromatic rings. The minimum atomic E-state index is -4.33. The molecule has 0 saturated heterocycles. The van der Waals surface area contributed by atoms with Crippen molar-refractivity contribution in [3.05, 3.63) is 0 Å². The van der Waals surface area contributed by atoms with E-state index in [0.717, 1.165) is 0 Å². The summed E-state index contributed by atoms with van der Waals surface area (Å²) in [6.07, 6.45) is 0. The summed E-state index contributed by atoms with van der Waals surface area (Å²) in [4.78, 5) is 0. The van der Waals surface area contributed by atoms with Crippen LogP contribution in [-0.4, -0.2) is 23.8 Å². The first-order chi connectivity index (χ1) is 4.17. The quantitative estimate of drug-likeness (QED) is 0.658. The Morgan fingerprint density at radius 1 is 1.00 bits per heavy atom. The monoisotopic (exact) mass is 168 g/mol. The molecule has 0 aromatic carbocycles. The van der Waals surface area contributed by atoms with Crippen LogP contribution >= 0.6 is 0 Å². The Morgan fingerprint density at radius 3 is 1.20 bits per heavy atom. The Hall–Kier alpha value is 0.0700. The summed E-state index contributed by atoms with van der Waals surface area (Å²) in [5.74, 6) is 0. The Balaban J connectivity index is 4.80. The third-order valence-corrected chi connectivity index (χ3v) is 5.32. The summed E-state index contributed by atoms with van der Waals surface area (Å²) >= 11 is 0. The van der Waals surface area contributed by atoms with Crippen LogP contribution in [0.2, 0.25) is 0 Å². The van der Waals surface area contributed by atoms with Gasteiger partial charge in [0.2, 0.25) is 0 Å². The standard InChI is InChI=1S/C6H16O3S/c1-5(2)10(7,8,9)6(3)4/h5-6H,1-4H3,(H2,7,8,9). The predicted molar refractivity (Wildman–Crippen MR) is 43.7 cm³/mol. The van der Waals surface area contributed by atoms with Crippen LogP contribution in [0.15, 0.2) is 0 Å². The van der Waals surface area contributed by atoms with Gasteiger partial charge in [-0.05, 0) is 27.7 Å². The molecule has 2 N–H and O–H groups in total. The highest BCUT2D eigenvalue weighted by atomic mass is 32.3. The van der Waals surface area contributed by atoms with Crippen LogP contribution in [0.1, 0.15) is 27.7 Å². The average Bonchev–Trinajstić information content (AvgIpc) is 1.63. The van der Waals surface area contributed by atoms with Crippen molar-refractivity contribution >= 4 is 9.63 Å². The summed E-state index contributed by atoms with van der Waals surface area (Å²) in [5, 5.41) is -1.20. The second-order valence-corrected chi connectivity index (χ2v) is 6.93. The van der Waals surface area contributed by atoms with Gasteiger partial charge < -0.3 is 9.11 Å². The van der Waals surface area contributed by atoms with Gasteiger partial charge in [0.25, 0.3) is 0 Å². The average molecular weight is 168 g/mol. The van der Waals surface area contributed by atoms with E-state index in [1.165, 1.54) is 27.7 Å². The molecule has 0 aliphatic heterocycles.